The molecule has 112 valence electrons. The van der Waals surface area contributed by atoms with E-state index < -0.39 is 0 Å². The fraction of sp³-hybridized carbons (Fsp3) is 0.353. The highest BCUT2D eigenvalue weighted by molar-refractivity contribution is 5.42. The molecule has 0 spiro atoms. The van der Waals surface area contributed by atoms with E-state index in [9.17, 15) is 0 Å². The Labute approximate surface area is 126 Å². The van der Waals surface area contributed by atoms with Gasteiger partial charge in [-0.2, -0.15) is 0 Å². The Balaban J connectivity index is 2.13. The van der Waals surface area contributed by atoms with Crippen LogP contribution in [0.4, 0.5) is 0 Å². The Morgan fingerprint density at radius 2 is 2.00 bits per heavy atom. The summed E-state index contributed by atoms with van der Waals surface area (Å²) < 4.78 is 10.7. The molecular formula is C17H22N2O2. The average molecular weight is 286 g/mol. The van der Waals surface area contributed by atoms with Crippen molar-refractivity contribution in [1.82, 2.24) is 10.3 Å². The van der Waals surface area contributed by atoms with Crippen LogP contribution in [0, 0.1) is 6.92 Å². The molecule has 21 heavy (non-hydrogen) atoms. The third kappa shape index (κ3) is 3.73. The lowest BCUT2D eigenvalue weighted by atomic mass is 10.1. The second kappa shape index (κ2) is 7.09. The van der Waals surface area contributed by atoms with E-state index in [0.717, 1.165) is 22.8 Å². The number of nitrogens with zero attached hydrogens (tertiary/aromatic N) is 1. The first-order valence-corrected chi connectivity index (χ1v) is 7.01. The molecule has 0 fully saturated rings. The van der Waals surface area contributed by atoms with Gasteiger partial charge in [0.05, 0.1) is 19.9 Å². The van der Waals surface area contributed by atoms with E-state index in [1.54, 1.807) is 14.2 Å². The lowest BCUT2D eigenvalue weighted by molar-refractivity contribution is 0.391. The molecule has 0 amide bonds. The maximum absolute atomic E-state index is 5.43. The number of methoxy groups -OCH3 is 2. The molecule has 0 aliphatic heterocycles. The molecule has 4 nitrogen and oxygen atoms in total. The predicted molar refractivity (Wildman–Crippen MR) is 83.8 cm³/mol. The van der Waals surface area contributed by atoms with Crippen LogP contribution in [0.15, 0.2) is 36.5 Å². The van der Waals surface area contributed by atoms with Crippen molar-refractivity contribution in [2.45, 2.75) is 26.4 Å². The molecule has 1 aromatic carbocycles. The monoisotopic (exact) mass is 286 g/mol. The lowest BCUT2D eigenvalue weighted by Gasteiger charge is -2.18. The molecule has 0 saturated heterocycles. The fourth-order valence-corrected chi connectivity index (χ4v) is 2.24. The Hall–Kier alpha value is -2.07. The van der Waals surface area contributed by atoms with Gasteiger partial charge in [0, 0.05) is 24.3 Å². The number of aromatic nitrogens is 1. The summed E-state index contributed by atoms with van der Waals surface area (Å²) in [6.45, 7) is 4.89. The van der Waals surface area contributed by atoms with Crippen LogP contribution in [0.3, 0.4) is 0 Å². The van der Waals surface area contributed by atoms with Crippen LogP contribution in [0.5, 0.6) is 11.5 Å². The van der Waals surface area contributed by atoms with Crippen LogP contribution < -0.4 is 14.8 Å². The minimum absolute atomic E-state index is 0.136. The second-order valence-corrected chi connectivity index (χ2v) is 4.98. The van der Waals surface area contributed by atoms with Gasteiger partial charge in [0.1, 0.15) is 11.5 Å². The second-order valence-electron chi connectivity index (χ2n) is 4.98. The molecule has 0 aliphatic rings. The van der Waals surface area contributed by atoms with Crippen molar-refractivity contribution in [3.63, 3.8) is 0 Å². The van der Waals surface area contributed by atoms with Gasteiger partial charge in [0.25, 0.3) is 0 Å². The average Bonchev–Trinajstić information content (AvgIpc) is 2.53. The fourth-order valence-electron chi connectivity index (χ4n) is 2.24. The van der Waals surface area contributed by atoms with Crippen LogP contribution in [0.1, 0.15) is 29.8 Å². The summed E-state index contributed by atoms with van der Waals surface area (Å²) in [5.74, 6) is 1.68. The number of rotatable bonds is 6. The van der Waals surface area contributed by atoms with Crippen LogP contribution in [0.2, 0.25) is 0 Å². The van der Waals surface area contributed by atoms with Crippen molar-refractivity contribution in [3.8, 4) is 11.5 Å². The summed E-state index contributed by atoms with van der Waals surface area (Å²) in [5.41, 5.74) is 3.33. The molecule has 0 radical (unpaired) electrons. The standard InChI is InChI=1S/C17H22N2O2/c1-12-6-5-9-18-16(12)11-19-13(2)15-10-14(20-3)7-8-17(15)21-4/h5-10,13,19H,11H2,1-4H3. The number of benzene rings is 1. The molecule has 0 saturated carbocycles. The molecule has 4 heteroatoms. The summed E-state index contributed by atoms with van der Waals surface area (Å²) in [6.07, 6.45) is 1.82. The number of pyridine rings is 1. The Morgan fingerprint density at radius 1 is 1.19 bits per heavy atom. The molecule has 1 heterocycles. The smallest absolute Gasteiger partial charge is 0.123 e. The van der Waals surface area contributed by atoms with Crippen molar-refractivity contribution in [2.75, 3.05) is 14.2 Å². The SMILES string of the molecule is COc1ccc(OC)c(C(C)NCc2ncccc2C)c1. The highest BCUT2D eigenvalue weighted by atomic mass is 16.5. The third-order valence-electron chi connectivity index (χ3n) is 3.60. The number of aryl methyl sites for hydroxylation is 1. The van der Waals surface area contributed by atoms with Crippen molar-refractivity contribution < 1.29 is 9.47 Å². The van der Waals surface area contributed by atoms with E-state index in [1.165, 1.54) is 5.56 Å². The molecular weight excluding hydrogens is 264 g/mol. The first kappa shape index (κ1) is 15.3. The van der Waals surface area contributed by atoms with Gasteiger partial charge in [0.15, 0.2) is 0 Å². The largest absolute Gasteiger partial charge is 0.497 e. The zero-order valence-electron chi connectivity index (χ0n) is 13.0. The van der Waals surface area contributed by atoms with Gasteiger partial charge >= 0.3 is 0 Å². The minimum Gasteiger partial charge on any atom is -0.497 e. The van der Waals surface area contributed by atoms with Crippen molar-refractivity contribution >= 4 is 0 Å². The van der Waals surface area contributed by atoms with E-state index in [1.807, 2.05) is 30.5 Å². The maximum Gasteiger partial charge on any atom is 0.123 e. The maximum atomic E-state index is 5.43. The Bertz CT molecular complexity index is 599. The normalized spacial score (nSPS) is 12.0. The van der Waals surface area contributed by atoms with Gasteiger partial charge in [-0.15, -0.1) is 0 Å². The highest BCUT2D eigenvalue weighted by Gasteiger charge is 2.13. The van der Waals surface area contributed by atoms with E-state index in [-0.39, 0.29) is 6.04 Å². The quantitative estimate of drug-likeness (QED) is 0.885. The van der Waals surface area contributed by atoms with Gasteiger partial charge in [-0.3, -0.25) is 4.98 Å². The molecule has 1 aromatic heterocycles. The number of hydrogen-bond acceptors (Lipinski definition) is 4. The molecule has 0 aliphatic carbocycles. The third-order valence-corrected chi connectivity index (χ3v) is 3.60. The van der Waals surface area contributed by atoms with Crippen LogP contribution >= 0.6 is 0 Å². The molecule has 0 bridgehead atoms. The molecule has 1 atom stereocenters. The Kier molecular flexibility index (Phi) is 5.17. The first-order chi connectivity index (χ1) is 10.2. The summed E-state index contributed by atoms with van der Waals surface area (Å²) in [5, 5.41) is 3.48. The minimum atomic E-state index is 0.136. The van der Waals surface area contributed by atoms with E-state index >= 15 is 0 Å². The topological polar surface area (TPSA) is 43.4 Å². The number of hydrogen-bond donors (Lipinski definition) is 1. The van der Waals surface area contributed by atoms with E-state index in [2.05, 4.69) is 30.2 Å². The van der Waals surface area contributed by atoms with Crippen LogP contribution in [0.25, 0.3) is 0 Å². The zero-order valence-corrected chi connectivity index (χ0v) is 13.0. The van der Waals surface area contributed by atoms with Crippen molar-refractivity contribution in [3.05, 3.63) is 53.3 Å². The van der Waals surface area contributed by atoms with Gasteiger partial charge in [-0.05, 0) is 43.7 Å². The summed E-state index contributed by atoms with van der Waals surface area (Å²) in [6, 6.07) is 9.99. The Morgan fingerprint density at radius 3 is 2.67 bits per heavy atom. The van der Waals surface area contributed by atoms with Crippen molar-refractivity contribution in [1.29, 1.82) is 0 Å². The highest BCUT2D eigenvalue weighted by Crippen LogP contribution is 2.29. The van der Waals surface area contributed by atoms with Crippen LogP contribution in [-0.4, -0.2) is 19.2 Å². The number of nitrogens with one attached hydrogen (secondary N) is 1. The van der Waals surface area contributed by atoms with Gasteiger partial charge in [0.2, 0.25) is 0 Å². The lowest BCUT2D eigenvalue weighted by Crippen LogP contribution is -2.20. The van der Waals surface area contributed by atoms with Crippen molar-refractivity contribution in [2.24, 2.45) is 0 Å². The van der Waals surface area contributed by atoms with Gasteiger partial charge < -0.3 is 14.8 Å². The van der Waals surface area contributed by atoms with E-state index in [4.69, 9.17) is 9.47 Å². The number of ether oxygens (including phenoxy) is 2. The molecule has 1 unspecified atom stereocenters. The van der Waals surface area contributed by atoms with Crippen LogP contribution in [-0.2, 0) is 6.54 Å². The molecule has 1 N–H and O–H groups in total. The molecule has 2 rings (SSSR count). The first-order valence-electron chi connectivity index (χ1n) is 7.01. The van der Waals surface area contributed by atoms with Gasteiger partial charge in [-0.25, -0.2) is 0 Å². The summed E-state index contributed by atoms with van der Waals surface area (Å²) in [4.78, 5) is 4.40. The summed E-state index contributed by atoms with van der Waals surface area (Å²) in [7, 11) is 3.35. The summed E-state index contributed by atoms with van der Waals surface area (Å²) >= 11 is 0. The van der Waals surface area contributed by atoms with E-state index in [0.29, 0.717) is 6.54 Å². The zero-order chi connectivity index (χ0) is 15.2. The predicted octanol–water partition coefficient (Wildman–Crippen LogP) is 3.26. The molecule has 2 aromatic rings. The van der Waals surface area contributed by atoms with Gasteiger partial charge in [-0.1, -0.05) is 6.07 Å².